The van der Waals surface area contributed by atoms with Crippen LogP contribution in [0.1, 0.15) is 45.1 Å². The van der Waals surface area contributed by atoms with Crippen LogP contribution in [-0.2, 0) is 20.8 Å². The molecule has 0 saturated carbocycles. The third-order valence-corrected chi connectivity index (χ3v) is 6.93. The van der Waals surface area contributed by atoms with Crippen LogP contribution in [0.5, 0.6) is 0 Å². The summed E-state index contributed by atoms with van der Waals surface area (Å²) in [4.78, 5) is 56.4. The lowest BCUT2D eigenvalue weighted by Crippen LogP contribution is -2.57. The molecule has 4 amide bonds. The normalized spacial score (nSPS) is 21.5. The maximum atomic E-state index is 13.7. The van der Waals surface area contributed by atoms with Gasteiger partial charge in [-0.3, -0.25) is 19.3 Å². The number of likely N-dealkylation sites (tertiary alicyclic amines) is 1. The van der Waals surface area contributed by atoms with Crippen LogP contribution in [0.3, 0.4) is 0 Å². The van der Waals surface area contributed by atoms with Gasteiger partial charge in [-0.05, 0) is 57.2 Å². The zero-order valence-electron chi connectivity index (χ0n) is 20.9. The van der Waals surface area contributed by atoms with Crippen molar-refractivity contribution < 1.29 is 19.2 Å². The first-order valence-electron chi connectivity index (χ1n) is 12.3. The summed E-state index contributed by atoms with van der Waals surface area (Å²) in [6.45, 7) is 5.61. The Morgan fingerprint density at radius 2 is 1.76 bits per heavy atom. The number of likely N-dealkylation sites (N-methyl/N-ethyl adjacent to an activating group) is 1. The summed E-state index contributed by atoms with van der Waals surface area (Å²) in [5.74, 6) is -0.917. The second-order valence-electron chi connectivity index (χ2n) is 10.2. The first-order valence-corrected chi connectivity index (χ1v) is 12.3. The fraction of sp³-hybridized carbons (Fsp3) is 0.615. The van der Waals surface area contributed by atoms with E-state index in [1.54, 1.807) is 4.90 Å². The smallest absolute Gasteiger partial charge is 0.325 e. The molecule has 1 aromatic carbocycles. The lowest BCUT2D eigenvalue weighted by Gasteiger charge is -2.41. The van der Waals surface area contributed by atoms with E-state index in [0.717, 1.165) is 5.56 Å². The number of benzene rings is 1. The van der Waals surface area contributed by atoms with Crippen molar-refractivity contribution in [2.24, 2.45) is 11.8 Å². The Hall–Kier alpha value is -2.74. The van der Waals surface area contributed by atoms with Gasteiger partial charge in [-0.2, -0.15) is 0 Å². The van der Waals surface area contributed by atoms with E-state index in [0.29, 0.717) is 51.9 Å². The molecule has 1 aromatic rings. The summed E-state index contributed by atoms with van der Waals surface area (Å²) >= 11 is 0. The molecule has 0 bridgehead atoms. The standard InChI is InChI=1S/C26H38N4O4/c1-19(2)18-22(31)23(32)29-14-11-21(12-15-29)26(13-10-20-8-6-5-7-9-20)24(33)30(25(34)27-26)17-16-28(3)4/h5-9,19,21H,10-18H2,1-4H3,(H,27,34)/t26-/m0/s1. The van der Waals surface area contributed by atoms with Crippen molar-refractivity contribution in [1.82, 2.24) is 20.0 Å². The molecule has 1 N–H and O–H groups in total. The molecule has 2 aliphatic heterocycles. The minimum absolute atomic E-state index is 0.0960. The molecule has 8 heteroatoms. The zero-order valence-corrected chi connectivity index (χ0v) is 20.9. The Morgan fingerprint density at radius 3 is 2.35 bits per heavy atom. The van der Waals surface area contributed by atoms with E-state index in [2.05, 4.69) is 5.32 Å². The maximum Gasteiger partial charge on any atom is 0.325 e. The molecule has 2 aliphatic rings. The van der Waals surface area contributed by atoms with E-state index >= 15 is 0 Å². The van der Waals surface area contributed by atoms with Gasteiger partial charge in [0.25, 0.3) is 11.8 Å². The van der Waals surface area contributed by atoms with Crippen LogP contribution in [-0.4, -0.2) is 84.1 Å². The Morgan fingerprint density at radius 1 is 1.12 bits per heavy atom. The van der Waals surface area contributed by atoms with Crippen LogP contribution in [0.4, 0.5) is 4.79 Å². The summed E-state index contributed by atoms with van der Waals surface area (Å²) in [7, 11) is 3.82. The first-order chi connectivity index (χ1) is 16.1. The molecular formula is C26H38N4O4. The van der Waals surface area contributed by atoms with Crippen molar-refractivity contribution in [1.29, 1.82) is 0 Å². The highest BCUT2D eigenvalue weighted by atomic mass is 16.2. The van der Waals surface area contributed by atoms with Crippen LogP contribution in [0, 0.1) is 11.8 Å². The number of hydrogen-bond donors (Lipinski definition) is 1. The van der Waals surface area contributed by atoms with E-state index < -0.39 is 11.4 Å². The number of hydrogen-bond acceptors (Lipinski definition) is 5. The van der Waals surface area contributed by atoms with E-state index in [4.69, 9.17) is 0 Å². The fourth-order valence-electron chi connectivity index (χ4n) is 4.99. The van der Waals surface area contributed by atoms with Crippen LogP contribution in [0.15, 0.2) is 30.3 Å². The highest BCUT2D eigenvalue weighted by molar-refractivity contribution is 6.36. The molecule has 0 radical (unpaired) electrons. The van der Waals surface area contributed by atoms with Crippen LogP contribution >= 0.6 is 0 Å². The third-order valence-electron chi connectivity index (χ3n) is 6.93. The van der Waals surface area contributed by atoms with Crippen LogP contribution < -0.4 is 5.32 Å². The average Bonchev–Trinajstić information content (AvgIpc) is 3.05. The largest absolute Gasteiger partial charge is 0.336 e. The Kier molecular flexibility index (Phi) is 8.47. The van der Waals surface area contributed by atoms with E-state index in [1.165, 1.54) is 4.90 Å². The van der Waals surface area contributed by atoms with E-state index in [-0.39, 0.29) is 36.0 Å². The number of nitrogens with one attached hydrogen (secondary N) is 1. The van der Waals surface area contributed by atoms with E-state index in [9.17, 15) is 19.2 Å². The topological polar surface area (TPSA) is 90.0 Å². The van der Waals surface area contributed by atoms with Crippen LogP contribution in [0.25, 0.3) is 0 Å². The van der Waals surface area contributed by atoms with Gasteiger partial charge in [0, 0.05) is 32.6 Å². The van der Waals surface area contributed by atoms with Gasteiger partial charge in [-0.1, -0.05) is 44.2 Å². The number of aryl methyl sites for hydroxylation is 1. The monoisotopic (exact) mass is 470 g/mol. The summed E-state index contributed by atoms with van der Waals surface area (Å²) in [5.41, 5.74) is 0.124. The van der Waals surface area contributed by atoms with Gasteiger partial charge in [-0.25, -0.2) is 4.79 Å². The number of urea groups is 1. The second kappa shape index (κ2) is 11.1. The van der Waals surface area contributed by atoms with E-state index in [1.807, 2.05) is 63.2 Å². The molecule has 1 atom stereocenters. The number of carbonyl (C=O) groups excluding carboxylic acids is 4. The maximum absolute atomic E-state index is 13.7. The van der Waals surface area contributed by atoms with Gasteiger partial charge in [0.05, 0.1) is 0 Å². The minimum atomic E-state index is -0.990. The van der Waals surface area contributed by atoms with Crippen LogP contribution in [0.2, 0.25) is 0 Å². The number of amides is 4. The van der Waals surface area contributed by atoms with Gasteiger partial charge < -0.3 is 15.1 Å². The van der Waals surface area contributed by atoms with Crippen molar-refractivity contribution >= 4 is 23.6 Å². The van der Waals surface area contributed by atoms with Crippen molar-refractivity contribution in [3.8, 4) is 0 Å². The molecule has 8 nitrogen and oxygen atoms in total. The van der Waals surface area contributed by atoms with Gasteiger partial charge in [-0.15, -0.1) is 0 Å². The summed E-state index contributed by atoms with van der Waals surface area (Å²) in [6.07, 6.45) is 2.56. The van der Waals surface area contributed by atoms with Gasteiger partial charge in [0.1, 0.15) is 5.54 Å². The second-order valence-corrected chi connectivity index (χ2v) is 10.2. The molecule has 0 unspecified atom stereocenters. The Balaban J connectivity index is 1.76. The highest BCUT2D eigenvalue weighted by Gasteiger charge is 2.55. The van der Waals surface area contributed by atoms with Gasteiger partial charge >= 0.3 is 6.03 Å². The molecule has 186 valence electrons. The molecule has 34 heavy (non-hydrogen) atoms. The third kappa shape index (κ3) is 5.84. The fourth-order valence-corrected chi connectivity index (χ4v) is 4.99. The van der Waals surface area contributed by atoms with Crippen molar-refractivity contribution in [3.63, 3.8) is 0 Å². The molecule has 0 aliphatic carbocycles. The summed E-state index contributed by atoms with van der Waals surface area (Å²) < 4.78 is 0. The van der Waals surface area contributed by atoms with Crippen molar-refractivity contribution in [2.75, 3.05) is 40.3 Å². The summed E-state index contributed by atoms with van der Waals surface area (Å²) in [5, 5.41) is 3.07. The number of Topliss-reactive ketones (excluding diaryl/α,β-unsaturated/α-hetero) is 1. The quantitative estimate of drug-likeness (QED) is 0.419. The molecular weight excluding hydrogens is 432 g/mol. The number of rotatable bonds is 10. The van der Waals surface area contributed by atoms with Gasteiger partial charge in [0.15, 0.2) is 0 Å². The Bertz CT molecular complexity index is 893. The molecule has 0 spiro atoms. The lowest BCUT2D eigenvalue weighted by atomic mass is 9.74. The SMILES string of the molecule is CC(C)CC(=O)C(=O)N1CCC([C@]2(CCc3ccccc3)NC(=O)N(CCN(C)C)C2=O)CC1. The molecule has 2 fully saturated rings. The minimum Gasteiger partial charge on any atom is -0.336 e. The molecule has 2 saturated heterocycles. The number of carbonyl (C=O) groups is 4. The number of piperidine rings is 1. The lowest BCUT2D eigenvalue weighted by molar-refractivity contribution is -0.146. The molecule has 0 aromatic heterocycles. The predicted molar refractivity (Wildman–Crippen MR) is 130 cm³/mol. The number of ketones is 1. The first kappa shape index (κ1) is 25.9. The zero-order chi connectivity index (χ0) is 24.9. The number of nitrogens with zero attached hydrogens (tertiary/aromatic N) is 3. The van der Waals surface area contributed by atoms with Gasteiger partial charge in [0.2, 0.25) is 5.78 Å². The van der Waals surface area contributed by atoms with Crippen molar-refractivity contribution in [2.45, 2.75) is 51.5 Å². The predicted octanol–water partition coefficient (Wildman–Crippen LogP) is 2.33. The molecule has 3 rings (SSSR count). The average molecular weight is 471 g/mol. The number of imide groups is 1. The highest BCUT2D eigenvalue weighted by Crippen LogP contribution is 2.37. The summed E-state index contributed by atoms with van der Waals surface area (Å²) in [6, 6.07) is 9.61. The molecule has 2 heterocycles. The van der Waals surface area contributed by atoms with Crippen molar-refractivity contribution in [3.05, 3.63) is 35.9 Å². The Labute approximate surface area is 202 Å².